The molecular weight excluding hydrogens is 376 g/mol. The van der Waals surface area contributed by atoms with E-state index < -0.39 is 0 Å². The van der Waals surface area contributed by atoms with Crippen LogP contribution < -0.4 is 0 Å². The van der Waals surface area contributed by atoms with Crippen LogP contribution in [-0.4, -0.2) is 57.5 Å². The van der Waals surface area contributed by atoms with Gasteiger partial charge in [-0.15, -0.1) is 0 Å². The first-order valence-electron chi connectivity index (χ1n) is 0. The first-order valence-corrected chi connectivity index (χ1v) is 0. The Morgan fingerprint density at radius 3 is 1.00 bits per heavy atom. The predicted molar refractivity (Wildman–Crippen MR) is 18.5 cm³/mol. The molecular formula is H5CaGaNbYb. The van der Waals surface area contributed by atoms with Gasteiger partial charge in [-0.05, 0) is 0 Å². The zero-order valence-corrected chi connectivity index (χ0v) is 4.63. The minimum Gasteiger partial charge on any atom is 0 e. The van der Waals surface area contributed by atoms with E-state index in [9.17, 15) is 0 Å². The van der Waals surface area contributed by atoms with Gasteiger partial charge in [0.05, 0.1) is 0 Å². The molecule has 0 atom stereocenters. The second kappa shape index (κ2) is 15.7. The van der Waals surface area contributed by atoms with Crippen LogP contribution in [0.3, 0.4) is 0 Å². The number of hydrogen-bond donors (Lipinski definition) is 0. The summed E-state index contributed by atoms with van der Waals surface area (Å²) in [6, 6.07) is 0. The summed E-state index contributed by atoms with van der Waals surface area (Å²) >= 11 is 0. The molecule has 0 heterocycles. The van der Waals surface area contributed by atoms with Crippen molar-refractivity contribution in [1.29, 1.82) is 0 Å². The van der Waals surface area contributed by atoms with E-state index >= 15 is 0 Å². The molecule has 4 heavy (non-hydrogen) atoms. The van der Waals surface area contributed by atoms with E-state index in [2.05, 4.69) is 0 Å². The largest absolute Gasteiger partial charge is 0 e. The SMILES string of the molecule is [CaH2].[GaH3].[Nb].[Yb]. The van der Waals surface area contributed by atoms with Crippen molar-refractivity contribution in [3.63, 3.8) is 0 Å². The minimum atomic E-state index is 0. The molecule has 0 aliphatic rings. The Hall–Kier alpha value is 4.16. The maximum atomic E-state index is 0. The van der Waals surface area contributed by atoms with Crippen LogP contribution in [0.5, 0.6) is 0 Å². The minimum absolute atomic E-state index is 0. The van der Waals surface area contributed by atoms with Gasteiger partial charge in [-0.3, -0.25) is 0 Å². The van der Waals surface area contributed by atoms with E-state index in [0.29, 0.717) is 0 Å². The standard InChI is InChI=1S/Ca.Ga.Nb.Yb.5H. The molecule has 0 bridgehead atoms. The van der Waals surface area contributed by atoms with Gasteiger partial charge in [0, 0.05) is 69.3 Å². The zero-order chi connectivity index (χ0) is 0. The van der Waals surface area contributed by atoms with Crippen molar-refractivity contribution in [2.45, 2.75) is 0 Å². The van der Waals surface area contributed by atoms with Crippen molar-refractivity contribution in [1.82, 2.24) is 0 Å². The van der Waals surface area contributed by atoms with E-state index in [-0.39, 0.29) is 127 Å². The van der Waals surface area contributed by atoms with Crippen LogP contribution in [0.1, 0.15) is 0 Å². The third-order valence-corrected chi connectivity index (χ3v) is 0. The van der Waals surface area contributed by atoms with Gasteiger partial charge in [0.25, 0.3) is 0 Å². The fourth-order valence-corrected chi connectivity index (χ4v) is 0. The van der Waals surface area contributed by atoms with Gasteiger partial charge in [0.15, 0.2) is 0 Å². The maximum Gasteiger partial charge on any atom is 0 e. The summed E-state index contributed by atoms with van der Waals surface area (Å²) in [5.74, 6) is 0. The molecule has 1 radical (unpaired) electrons. The molecule has 0 aromatic heterocycles. The van der Waals surface area contributed by atoms with E-state index in [0.717, 1.165) is 0 Å². The topological polar surface area (TPSA) is 0 Å². The van der Waals surface area contributed by atoms with Crippen molar-refractivity contribution < 1.29 is 69.3 Å². The van der Waals surface area contributed by atoms with E-state index in [1.54, 1.807) is 0 Å². The molecule has 0 rings (SSSR count). The molecule has 0 nitrogen and oxygen atoms in total. The molecule has 0 fully saturated rings. The summed E-state index contributed by atoms with van der Waals surface area (Å²) in [6.45, 7) is 0. The van der Waals surface area contributed by atoms with Crippen LogP contribution in [0.15, 0.2) is 0 Å². The normalized spacial score (nSPS) is 0. The van der Waals surface area contributed by atoms with Gasteiger partial charge in [-0.1, -0.05) is 0 Å². The molecule has 0 aliphatic carbocycles. The molecule has 0 unspecified atom stereocenters. The van der Waals surface area contributed by atoms with Crippen molar-refractivity contribution in [3.05, 3.63) is 0 Å². The summed E-state index contributed by atoms with van der Waals surface area (Å²) < 4.78 is 0. The summed E-state index contributed by atoms with van der Waals surface area (Å²) in [7, 11) is 0. The van der Waals surface area contributed by atoms with Crippen LogP contribution in [0.4, 0.5) is 0 Å². The van der Waals surface area contributed by atoms with Gasteiger partial charge < -0.3 is 0 Å². The summed E-state index contributed by atoms with van der Waals surface area (Å²) in [6.07, 6.45) is 0. The second-order valence-corrected chi connectivity index (χ2v) is 0. The van der Waals surface area contributed by atoms with Crippen molar-refractivity contribution in [2.75, 3.05) is 0 Å². The van der Waals surface area contributed by atoms with Crippen molar-refractivity contribution in [3.8, 4) is 0 Å². The van der Waals surface area contributed by atoms with Crippen molar-refractivity contribution in [2.24, 2.45) is 0 Å². The number of rotatable bonds is 0. The van der Waals surface area contributed by atoms with Crippen LogP contribution in [-0.2, 0) is 22.4 Å². The molecule has 0 N–H and O–H groups in total. The van der Waals surface area contributed by atoms with Gasteiger partial charge in [0.2, 0.25) is 0 Å². The van der Waals surface area contributed by atoms with E-state index in [1.165, 1.54) is 0 Å². The number of hydrogen-bond acceptors (Lipinski definition) is 0. The Morgan fingerprint density at radius 1 is 1.00 bits per heavy atom. The molecule has 0 aliphatic heterocycles. The molecule has 29 valence electrons. The average Bonchev–Trinajstić information content (AvgIpc) is 0. The molecule has 0 aromatic carbocycles. The van der Waals surface area contributed by atoms with Gasteiger partial charge in [0.1, 0.15) is 0 Å². The van der Waals surface area contributed by atoms with Crippen LogP contribution >= 0.6 is 0 Å². The van der Waals surface area contributed by atoms with E-state index in [1.807, 2.05) is 0 Å². The first kappa shape index (κ1) is 24.2. The third kappa shape index (κ3) is 9.47. The molecule has 0 amide bonds. The smallest absolute Gasteiger partial charge is 0 e. The van der Waals surface area contributed by atoms with E-state index in [4.69, 9.17) is 0 Å². The molecule has 0 aromatic rings. The average molecular weight is 381 g/mol. The van der Waals surface area contributed by atoms with Crippen LogP contribution in [0.2, 0.25) is 0 Å². The summed E-state index contributed by atoms with van der Waals surface area (Å²) in [5.41, 5.74) is 0. The van der Waals surface area contributed by atoms with Gasteiger partial charge in [-0.2, -0.15) is 0 Å². The molecule has 4 heteroatoms. The Balaban J connectivity index is 0. The molecule has 0 saturated heterocycles. The summed E-state index contributed by atoms with van der Waals surface area (Å²) in [4.78, 5) is 0. The quantitative estimate of drug-likeness (QED) is 0.422. The summed E-state index contributed by atoms with van der Waals surface area (Å²) in [5, 5.41) is 0. The van der Waals surface area contributed by atoms with Gasteiger partial charge >= 0.3 is 57.5 Å². The van der Waals surface area contributed by atoms with Gasteiger partial charge in [-0.25, -0.2) is 0 Å². The predicted octanol–water partition coefficient (Wildman–Crippen LogP) is -2.10. The Bertz CT molecular complexity index is 8.00. The maximum absolute atomic E-state index is 0. The third-order valence-electron chi connectivity index (χ3n) is 0. The van der Waals surface area contributed by atoms with Crippen LogP contribution in [0, 0.1) is 46.9 Å². The zero-order valence-electron chi connectivity index (χ0n) is 0.714. The molecule has 0 saturated carbocycles. The van der Waals surface area contributed by atoms with Crippen molar-refractivity contribution >= 4 is 57.5 Å². The fourth-order valence-electron chi connectivity index (χ4n) is 0. The van der Waals surface area contributed by atoms with Crippen LogP contribution in [0.25, 0.3) is 0 Å². The Kier molecular flexibility index (Phi) is 94.9. The molecule has 0 spiro atoms. The monoisotopic (exact) mass is 381 g/mol. The fraction of sp³-hybridized carbons (Fsp3) is 0. The Labute approximate surface area is 123 Å². The Morgan fingerprint density at radius 2 is 1.00 bits per heavy atom. The first-order chi connectivity index (χ1) is 0. The second-order valence-electron chi connectivity index (χ2n) is 0.